The average molecular weight is 77.1 g/mol. The molecule has 0 atom stereocenters. The molecule has 0 aliphatic rings. The third-order valence-electron chi connectivity index (χ3n) is 0.312. The van der Waals surface area contributed by atoms with Crippen LogP contribution in [0.2, 0.25) is 0 Å². The van der Waals surface area contributed by atoms with Crippen LogP contribution in [0.3, 0.4) is 0 Å². The number of hydrogen-bond donors (Lipinski definition) is 0. The van der Waals surface area contributed by atoms with Crippen LogP contribution in [0.5, 0.6) is 0 Å². The van der Waals surface area contributed by atoms with Crippen LogP contribution in [0, 0.1) is 0 Å². The van der Waals surface area contributed by atoms with Crippen molar-refractivity contribution < 1.29 is 18.9 Å². The van der Waals surface area contributed by atoms with E-state index in [1.165, 1.54) is 0 Å². The van der Waals surface area contributed by atoms with Crippen LogP contribution >= 0.6 is 0 Å². The molecule has 0 aliphatic heterocycles. The second-order valence-electron chi connectivity index (χ2n) is 0.787. The average Bonchev–Trinajstić information content (AvgIpc) is 1.41. The number of nitrogens with zero attached hydrogens (tertiary/aromatic N) is 1. The summed E-state index contributed by atoms with van der Waals surface area (Å²) in [6.45, 7) is 4.23. The zero-order valence-electron chi connectivity index (χ0n) is 4.44. The standard InChI is InChI=1S/C4H8N.Li/c1-3-4-5-2;/h3H,1,4H2,2H3;/q-1;+1. The van der Waals surface area contributed by atoms with E-state index in [1.807, 2.05) is 0 Å². The van der Waals surface area contributed by atoms with Gasteiger partial charge in [-0.05, 0) is 0 Å². The fraction of sp³-hybridized carbons (Fsp3) is 0.500. The molecule has 0 rings (SSSR count). The molecule has 0 N–H and O–H groups in total. The van der Waals surface area contributed by atoms with Gasteiger partial charge in [0, 0.05) is 0 Å². The Morgan fingerprint density at radius 3 is 2.33 bits per heavy atom. The predicted molar refractivity (Wildman–Crippen MR) is 24.3 cm³/mol. The molecule has 6 heavy (non-hydrogen) atoms. The van der Waals surface area contributed by atoms with Gasteiger partial charge in [-0.1, -0.05) is 0 Å². The van der Waals surface area contributed by atoms with E-state index in [2.05, 4.69) is 11.9 Å². The Hall–Kier alpha value is 0.297. The minimum atomic E-state index is 0. The van der Waals surface area contributed by atoms with Crippen molar-refractivity contribution in [2.75, 3.05) is 13.6 Å². The quantitative estimate of drug-likeness (QED) is 0.272. The van der Waals surface area contributed by atoms with Crippen molar-refractivity contribution in [3.8, 4) is 0 Å². The fourth-order valence-electron chi connectivity index (χ4n) is 0.129. The largest absolute Gasteiger partial charge is 1.00 e. The first-order valence-corrected chi connectivity index (χ1v) is 1.58. The molecule has 0 bridgehead atoms. The molecule has 0 saturated heterocycles. The Kier molecular flexibility index (Phi) is 14.4. The number of hydrogen-bond acceptors (Lipinski definition) is 0. The molecule has 30 valence electrons. The maximum atomic E-state index is 3.74. The Balaban J connectivity index is 0. The van der Waals surface area contributed by atoms with Crippen LogP contribution in [-0.4, -0.2) is 13.6 Å². The zero-order chi connectivity index (χ0) is 4.12. The van der Waals surface area contributed by atoms with Gasteiger partial charge in [0.25, 0.3) is 0 Å². The summed E-state index contributed by atoms with van der Waals surface area (Å²) in [4.78, 5) is 0. The monoisotopic (exact) mass is 77.1 g/mol. The Morgan fingerprint density at radius 1 is 1.83 bits per heavy atom. The summed E-state index contributed by atoms with van der Waals surface area (Å²) in [5, 5.41) is 3.74. The first kappa shape index (κ1) is 9.57. The maximum absolute atomic E-state index is 3.74. The molecule has 2 heteroatoms. The minimum absolute atomic E-state index is 0. The Labute approximate surface area is 51.0 Å². The fourth-order valence-corrected chi connectivity index (χ4v) is 0.129. The van der Waals surface area contributed by atoms with Crippen LogP contribution in [0.15, 0.2) is 12.7 Å². The van der Waals surface area contributed by atoms with Crippen molar-refractivity contribution in [1.82, 2.24) is 0 Å². The van der Waals surface area contributed by atoms with Gasteiger partial charge in [-0.2, -0.15) is 7.05 Å². The predicted octanol–water partition coefficient (Wildman–Crippen LogP) is -1.82. The summed E-state index contributed by atoms with van der Waals surface area (Å²) in [6.07, 6.45) is 1.76. The van der Waals surface area contributed by atoms with Crippen molar-refractivity contribution in [2.45, 2.75) is 0 Å². The SMILES string of the molecule is C=CC[N-]C.[Li+]. The molecule has 0 amide bonds. The normalized spacial score (nSPS) is 6.17. The van der Waals surface area contributed by atoms with Crippen molar-refractivity contribution in [1.29, 1.82) is 0 Å². The van der Waals surface area contributed by atoms with Gasteiger partial charge in [-0.15, -0.1) is 19.2 Å². The molecular weight excluding hydrogens is 69.0 g/mol. The molecule has 0 spiro atoms. The van der Waals surface area contributed by atoms with E-state index in [1.54, 1.807) is 13.1 Å². The third-order valence-corrected chi connectivity index (χ3v) is 0.312. The summed E-state index contributed by atoms with van der Waals surface area (Å²) >= 11 is 0. The number of rotatable bonds is 2. The van der Waals surface area contributed by atoms with Crippen LogP contribution in [0.1, 0.15) is 0 Å². The van der Waals surface area contributed by atoms with Gasteiger partial charge in [0.2, 0.25) is 0 Å². The summed E-state index contributed by atoms with van der Waals surface area (Å²) in [5.41, 5.74) is 0. The molecule has 0 aliphatic carbocycles. The summed E-state index contributed by atoms with van der Waals surface area (Å²) in [7, 11) is 1.77. The summed E-state index contributed by atoms with van der Waals surface area (Å²) in [5.74, 6) is 0. The van der Waals surface area contributed by atoms with Crippen LogP contribution in [-0.2, 0) is 0 Å². The van der Waals surface area contributed by atoms with E-state index >= 15 is 0 Å². The van der Waals surface area contributed by atoms with Gasteiger partial charge in [0.1, 0.15) is 0 Å². The summed E-state index contributed by atoms with van der Waals surface area (Å²) in [6, 6.07) is 0. The van der Waals surface area contributed by atoms with Crippen molar-refractivity contribution in [3.63, 3.8) is 0 Å². The second kappa shape index (κ2) is 9.00. The molecule has 0 saturated carbocycles. The number of likely N-dealkylation sites (N-methyl/N-ethyl adjacent to an activating group) is 1. The van der Waals surface area contributed by atoms with E-state index < -0.39 is 0 Å². The molecule has 0 fully saturated rings. The van der Waals surface area contributed by atoms with Gasteiger partial charge in [-0.3, -0.25) is 0 Å². The third kappa shape index (κ3) is 8.85. The van der Waals surface area contributed by atoms with Crippen LogP contribution in [0.4, 0.5) is 0 Å². The molecule has 0 heterocycles. The van der Waals surface area contributed by atoms with Gasteiger partial charge >= 0.3 is 18.9 Å². The Morgan fingerprint density at radius 2 is 2.33 bits per heavy atom. The molecule has 0 aromatic heterocycles. The first-order chi connectivity index (χ1) is 2.41. The second-order valence-corrected chi connectivity index (χ2v) is 0.787. The Bertz CT molecular complexity index is 28.7. The van der Waals surface area contributed by atoms with E-state index in [9.17, 15) is 0 Å². The molecule has 1 nitrogen and oxygen atoms in total. The molecule has 0 unspecified atom stereocenters. The molecule has 0 aromatic carbocycles. The van der Waals surface area contributed by atoms with Gasteiger partial charge < -0.3 is 5.32 Å². The van der Waals surface area contributed by atoms with E-state index in [4.69, 9.17) is 0 Å². The summed E-state index contributed by atoms with van der Waals surface area (Å²) < 4.78 is 0. The molecule has 0 aromatic rings. The van der Waals surface area contributed by atoms with Gasteiger partial charge in [0.05, 0.1) is 0 Å². The van der Waals surface area contributed by atoms with Crippen LogP contribution < -0.4 is 18.9 Å². The topological polar surface area (TPSA) is 14.1 Å². The van der Waals surface area contributed by atoms with E-state index in [0.717, 1.165) is 6.54 Å². The van der Waals surface area contributed by atoms with Gasteiger partial charge in [0.15, 0.2) is 0 Å². The molecule has 0 radical (unpaired) electrons. The van der Waals surface area contributed by atoms with Crippen molar-refractivity contribution in [2.24, 2.45) is 0 Å². The smallest absolute Gasteiger partial charge is 0.662 e. The van der Waals surface area contributed by atoms with E-state index in [0.29, 0.717) is 0 Å². The van der Waals surface area contributed by atoms with Gasteiger partial charge in [-0.25, -0.2) is 0 Å². The van der Waals surface area contributed by atoms with Crippen molar-refractivity contribution in [3.05, 3.63) is 18.0 Å². The maximum Gasteiger partial charge on any atom is 1.00 e. The zero-order valence-corrected chi connectivity index (χ0v) is 4.44. The van der Waals surface area contributed by atoms with Crippen LogP contribution in [0.25, 0.3) is 5.32 Å². The minimum Gasteiger partial charge on any atom is -0.662 e. The molecular formula is C4H8LiN. The first-order valence-electron chi connectivity index (χ1n) is 1.58. The van der Waals surface area contributed by atoms with Crippen molar-refractivity contribution >= 4 is 0 Å². The van der Waals surface area contributed by atoms with E-state index in [-0.39, 0.29) is 18.9 Å².